The number of benzene rings is 3. The van der Waals surface area contributed by atoms with E-state index in [0.29, 0.717) is 47.2 Å². The molecule has 2 aliphatic heterocycles. The smallest absolute Gasteiger partial charge is 0.282 e. The van der Waals surface area contributed by atoms with Crippen LogP contribution in [0.4, 0.5) is 11.4 Å². The molecule has 6 nitrogen and oxygen atoms in total. The van der Waals surface area contributed by atoms with Gasteiger partial charge in [0.05, 0.1) is 25.0 Å². The van der Waals surface area contributed by atoms with E-state index in [2.05, 4.69) is 6.07 Å². The number of ether oxygens (including phenoxy) is 2. The van der Waals surface area contributed by atoms with Crippen molar-refractivity contribution in [1.82, 2.24) is 0 Å². The Balaban J connectivity index is 1.67. The average molecular weight is 440 g/mol. The summed E-state index contributed by atoms with van der Waals surface area (Å²) < 4.78 is 11.0. The zero-order valence-corrected chi connectivity index (χ0v) is 18.6. The van der Waals surface area contributed by atoms with Gasteiger partial charge in [0.2, 0.25) is 0 Å². The summed E-state index contributed by atoms with van der Waals surface area (Å²) in [5, 5.41) is 0. The van der Waals surface area contributed by atoms with Crippen molar-refractivity contribution in [2.75, 3.05) is 30.1 Å². The number of carbonyl (C=O) groups excluding carboxylic acids is 2. The van der Waals surface area contributed by atoms with Gasteiger partial charge >= 0.3 is 0 Å². The number of rotatable bonds is 6. The largest absolute Gasteiger partial charge is 0.497 e. The molecule has 0 atom stereocenters. The summed E-state index contributed by atoms with van der Waals surface area (Å²) in [4.78, 5) is 31.0. The zero-order chi connectivity index (χ0) is 22.9. The molecule has 0 saturated carbocycles. The number of nitrogens with zero attached hydrogens (tertiary/aromatic N) is 2. The van der Waals surface area contributed by atoms with Crippen LogP contribution in [0.15, 0.2) is 78.5 Å². The molecular formula is C27H24N2O4. The van der Waals surface area contributed by atoms with Crippen LogP contribution in [-0.4, -0.2) is 32.1 Å². The number of imide groups is 1. The molecule has 166 valence electrons. The number of hydrogen-bond acceptors (Lipinski definition) is 5. The molecule has 0 aromatic heterocycles. The quantitative estimate of drug-likeness (QED) is 0.531. The van der Waals surface area contributed by atoms with Crippen molar-refractivity contribution >= 4 is 28.8 Å². The number of hydrogen-bond donors (Lipinski definition) is 0. The van der Waals surface area contributed by atoms with Gasteiger partial charge in [-0.2, -0.15) is 0 Å². The first kappa shape index (κ1) is 20.8. The molecule has 0 radical (unpaired) electrons. The zero-order valence-electron chi connectivity index (χ0n) is 18.6. The van der Waals surface area contributed by atoms with Gasteiger partial charge in [-0.25, -0.2) is 4.90 Å². The Bertz CT molecular complexity index is 1260. The maximum Gasteiger partial charge on any atom is 0.282 e. The lowest BCUT2D eigenvalue weighted by Crippen LogP contribution is -2.35. The molecule has 0 unspecified atom stereocenters. The molecule has 3 aromatic rings. The summed E-state index contributed by atoms with van der Waals surface area (Å²) in [7, 11) is 1.59. The first-order valence-corrected chi connectivity index (χ1v) is 11.0. The first-order chi connectivity index (χ1) is 16.1. The van der Waals surface area contributed by atoms with Crippen LogP contribution >= 0.6 is 0 Å². The molecule has 3 aromatic carbocycles. The minimum atomic E-state index is -0.364. The van der Waals surface area contributed by atoms with Crippen molar-refractivity contribution in [3.8, 4) is 11.5 Å². The summed E-state index contributed by atoms with van der Waals surface area (Å²) in [6, 6.07) is 22.4. The molecule has 0 saturated heterocycles. The monoisotopic (exact) mass is 440 g/mol. The van der Waals surface area contributed by atoms with E-state index >= 15 is 0 Å². The van der Waals surface area contributed by atoms with E-state index in [1.165, 1.54) is 4.90 Å². The maximum absolute atomic E-state index is 13.9. The predicted molar refractivity (Wildman–Crippen MR) is 128 cm³/mol. The van der Waals surface area contributed by atoms with E-state index in [1.807, 2.05) is 48.2 Å². The van der Waals surface area contributed by atoms with Crippen LogP contribution in [0.1, 0.15) is 18.1 Å². The molecule has 0 fully saturated rings. The molecule has 2 heterocycles. The van der Waals surface area contributed by atoms with E-state index in [-0.39, 0.29) is 11.8 Å². The maximum atomic E-state index is 13.9. The number of fused-ring (bicyclic) bond motifs is 1. The van der Waals surface area contributed by atoms with Crippen LogP contribution in [-0.2, 0) is 16.0 Å². The summed E-state index contributed by atoms with van der Waals surface area (Å²) in [5.41, 5.74) is 4.01. The van der Waals surface area contributed by atoms with Crippen molar-refractivity contribution in [3.05, 3.63) is 89.6 Å². The van der Waals surface area contributed by atoms with Gasteiger partial charge in [0.15, 0.2) is 0 Å². The summed E-state index contributed by atoms with van der Waals surface area (Å²) in [5.74, 6) is 0.466. The van der Waals surface area contributed by atoms with Gasteiger partial charge in [-0.1, -0.05) is 42.5 Å². The lowest BCUT2D eigenvalue weighted by molar-refractivity contribution is -0.120. The molecular weight excluding hydrogens is 416 g/mol. The molecule has 33 heavy (non-hydrogen) atoms. The minimum Gasteiger partial charge on any atom is -0.497 e. The van der Waals surface area contributed by atoms with E-state index in [0.717, 1.165) is 17.7 Å². The molecule has 2 aliphatic rings. The molecule has 0 N–H and O–H groups in total. The van der Waals surface area contributed by atoms with Crippen LogP contribution in [0.5, 0.6) is 11.5 Å². The van der Waals surface area contributed by atoms with Crippen molar-refractivity contribution < 1.29 is 19.1 Å². The molecule has 0 aliphatic carbocycles. The van der Waals surface area contributed by atoms with Crippen molar-refractivity contribution in [2.24, 2.45) is 0 Å². The van der Waals surface area contributed by atoms with Gasteiger partial charge in [0, 0.05) is 12.2 Å². The highest BCUT2D eigenvalue weighted by Gasteiger charge is 2.44. The van der Waals surface area contributed by atoms with Gasteiger partial charge in [-0.05, 0) is 54.8 Å². The third-order valence-corrected chi connectivity index (χ3v) is 6.00. The van der Waals surface area contributed by atoms with E-state index in [1.54, 1.807) is 37.4 Å². The molecule has 0 spiro atoms. The second-order valence-electron chi connectivity index (χ2n) is 7.83. The Morgan fingerprint density at radius 2 is 1.55 bits per heavy atom. The Labute approximate surface area is 192 Å². The van der Waals surface area contributed by atoms with Crippen molar-refractivity contribution in [3.63, 3.8) is 0 Å². The molecule has 0 bridgehead atoms. The Morgan fingerprint density at radius 1 is 0.848 bits per heavy atom. The molecule has 2 amide bonds. The van der Waals surface area contributed by atoms with Crippen molar-refractivity contribution in [2.45, 2.75) is 13.3 Å². The van der Waals surface area contributed by atoms with Gasteiger partial charge in [-0.15, -0.1) is 0 Å². The fourth-order valence-corrected chi connectivity index (χ4v) is 4.50. The fraction of sp³-hybridized carbons (Fsp3) is 0.185. The first-order valence-electron chi connectivity index (χ1n) is 11.0. The van der Waals surface area contributed by atoms with Crippen LogP contribution in [0.25, 0.3) is 5.57 Å². The SMILES string of the molecule is CCOc1ccccc1N1C(=O)C(c2ccc(OC)cc2)=C(N2CCc3ccccc32)C1=O. The van der Waals surface area contributed by atoms with Gasteiger partial charge in [0.1, 0.15) is 17.2 Å². The van der Waals surface area contributed by atoms with Gasteiger partial charge < -0.3 is 14.4 Å². The van der Waals surface area contributed by atoms with Crippen LogP contribution in [0, 0.1) is 0 Å². The molecule has 6 heteroatoms. The van der Waals surface area contributed by atoms with Gasteiger partial charge in [0.25, 0.3) is 11.8 Å². The summed E-state index contributed by atoms with van der Waals surface area (Å²) in [6.45, 7) is 2.94. The van der Waals surface area contributed by atoms with Crippen molar-refractivity contribution in [1.29, 1.82) is 0 Å². The topological polar surface area (TPSA) is 59.1 Å². The lowest BCUT2D eigenvalue weighted by Gasteiger charge is -2.22. The standard InChI is InChI=1S/C27H24N2O4/c1-3-33-23-11-7-6-10-22(23)29-26(30)24(19-12-14-20(32-2)15-13-19)25(27(29)31)28-17-16-18-8-4-5-9-21(18)28/h4-15H,3,16-17H2,1-2H3. The number of anilines is 2. The number of para-hydroxylation sites is 3. The number of carbonyl (C=O) groups is 2. The second kappa shape index (κ2) is 8.47. The number of methoxy groups -OCH3 is 1. The average Bonchev–Trinajstić information content (AvgIpc) is 3.38. The van der Waals surface area contributed by atoms with Crippen LogP contribution in [0.2, 0.25) is 0 Å². The van der Waals surface area contributed by atoms with E-state index in [9.17, 15) is 9.59 Å². The summed E-state index contributed by atoms with van der Waals surface area (Å²) >= 11 is 0. The van der Waals surface area contributed by atoms with Gasteiger partial charge in [-0.3, -0.25) is 9.59 Å². The predicted octanol–water partition coefficient (Wildman–Crippen LogP) is 4.44. The summed E-state index contributed by atoms with van der Waals surface area (Å²) in [6.07, 6.45) is 0.812. The molecule has 5 rings (SSSR count). The third kappa shape index (κ3) is 3.44. The third-order valence-electron chi connectivity index (χ3n) is 6.00. The second-order valence-corrected chi connectivity index (χ2v) is 7.83. The Kier molecular flexibility index (Phi) is 5.34. The Morgan fingerprint density at radius 3 is 2.27 bits per heavy atom. The van der Waals surface area contributed by atoms with Crippen LogP contribution < -0.4 is 19.3 Å². The number of amides is 2. The Hall–Kier alpha value is -4.06. The normalized spacial score (nSPS) is 15.3. The fourth-order valence-electron chi connectivity index (χ4n) is 4.50. The highest BCUT2D eigenvalue weighted by molar-refractivity contribution is 6.46. The van der Waals surface area contributed by atoms with E-state index < -0.39 is 0 Å². The van der Waals surface area contributed by atoms with E-state index in [4.69, 9.17) is 9.47 Å². The highest BCUT2D eigenvalue weighted by Crippen LogP contribution is 2.42. The van der Waals surface area contributed by atoms with Crippen LogP contribution in [0.3, 0.4) is 0 Å². The lowest BCUT2D eigenvalue weighted by atomic mass is 10.0. The highest BCUT2D eigenvalue weighted by atomic mass is 16.5. The minimum absolute atomic E-state index is 0.352.